The first-order chi connectivity index (χ1) is 9.23. The number of likely N-dealkylation sites (N-methyl/N-ethyl adjacent to an activating group) is 1. The fraction of sp³-hybridized carbons (Fsp3) is 0.538. The molecule has 0 aliphatic rings. The Kier molecular flexibility index (Phi) is 5.29. The zero-order valence-electron chi connectivity index (χ0n) is 12.2. The van der Waals surface area contributed by atoms with E-state index in [0.717, 1.165) is 0 Å². The Bertz CT molecular complexity index is 475. The van der Waals surface area contributed by atoms with Crippen LogP contribution in [0.2, 0.25) is 0 Å². The summed E-state index contributed by atoms with van der Waals surface area (Å²) < 4.78 is 5.03. The third-order valence-electron chi connectivity index (χ3n) is 2.67. The fourth-order valence-corrected chi connectivity index (χ4v) is 1.94. The van der Waals surface area contributed by atoms with E-state index in [2.05, 4.69) is 5.32 Å². The number of aliphatic hydroxyl groups is 1. The summed E-state index contributed by atoms with van der Waals surface area (Å²) in [6.45, 7) is 2.45. The smallest absolute Gasteiger partial charge is 0.275 e. The number of non-ortho nitro benzene ring substituents is 1. The molecule has 0 aromatic heterocycles. The average molecular weight is 283 g/mol. The van der Waals surface area contributed by atoms with Crippen LogP contribution in [-0.4, -0.2) is 54.8 Å². The summed E-state index contributed by atoms with van der Waals surface area (Å²) in [7, 11) is 5.18. The van der Waals surface area contributed by atoms with Gasteiger partial charge < -0.3 is 20.1 Å². The zero-order chi connectivity index (χ0) is 15.3. The third kappa shape index (κ3) is 5.02. The van der Waals surface area contributed by atoms with Crippen LogP contribution in [0.1, 0.15) is 6.92 Å². The Morgan fingerprint density at radius 2 is 2.10 bits per heavy atom. The molecule has 0 aliphatic heterocycles. The highest BCUT2D eigenvalue weighted by Crippen LogP contribution is 2.26. The molecule has 7 nitrogen and oxygen atoms in total. The highest BCUT2D eigenvalue weighted by Gasteiger charge is 2.21. The summed E-state index contributed by atoms with van der Waals surface area (Å²) in [5.41, 5.74) is -0.462. The summed E-state index contributed by atoms with van der Waals surface area (Å²) in [5, 5.41) is 24.0. The molecular formula is C13H21N3O4. The Labute approximate surface area is 118 Å². The summed E-state index contributed by atoms with van der Waals surface area (Å²) in [6.07, 6.45) is 0. The number of ether oxygens (including phenoxy) is 1. The molecular weight excluding hydrogens is 262 g/mol. The fourth-order valence-electron chi connectivity index (χ4n) is 1.94. The van der Waals surface area contributed by atoms with Crippen LogP contribution in [0, 0.1) is 10.1 Å². The minimum absolute atomic E-state index is 0.0564. The SMILES string of the molecule is COc1cc(NCC(C)(O)CN(C)C)cc([N+](=O)[O-])c1. The first kappa shape index (κ1) is 16.2. The maximum Gasteiger partial charge on any atom is 0.275 e. The van der Waals surface area contributed by atoms with Crippen molar-refractivity contribution in [2.45, 2.75) is 12.5 Å². The quantitative estimate of drug-likeness (QED) is 0.580. The second-order valence-corrected chi connectivity index (χ2v) is 5.27. The Balaban J connectivity index is 2.82. The van der Waals surface area contributed by atoms with E-state index >= 15 is 0 Å². The Hall–Kier alpha value is -1.86. The first-order valence-corrected chi connectivity index (χ1v) is 6.18. The molecule has 0 amide bonds. The lowest BCUT2D eigenvalue weighted by atomic mass is 10.1. The number of anilines is 1. The molecule has 20 heavy (non-hydrogen) atoms. The van der Waals surface area contributed by atoms with Crippen LogP contribution >= 0.6 is 0 Å². The normalized spacial score (nSPS) is 13.9. The predicted molar refractivity (Wildman–Crippen MR) is 77.3 cm³/mol. The molecule has 0 radical (unpaired) electrons. The van der Waals surface area contributed by atoms with Gasteiger partial charge in [0.15, 0.2) is 0 Å². The van der Waals surface area contributed by atoms with E-state index in [1.54, 1.807) is 13.0 Å². The van der Waals surface area contributed by atoms with E-state index in [4.69, 9.17) is 4.74 Å². The molecule has 1 aromatic carbocycles. The van der Waals surface area contributed by atoms with Crippen molar-refractivity contribution in [3.05, 3.63) is 28.3 Å². The van der Waals surface area contributed by atoms with Crippen molar-refractivity contribution in [3.8, 4) is 5.75 Å². The molecule has 0 aliphatic carbocycles. The van der Waals surface area contributed by atoms with Gasteiger partial charge >= 0.3 is 0 Å². The lowest BCUT2D eigenvalue weighted by molar-refractivity contribution is -0.384. The van der Waals surface area contributed by atoms with Gasteiger partial charge in [-0.05, 0) is 21.0 Å². The molecule has 112 valence electrons. The maximum absolute atomic E-state index is 10.8. The third-order valence-corrected chi connectivity index (χ3v) is 2.67. The number of nitro benzene ring substituents is 1. The Morgan fingerprint density at radius 1 is 1.45 bits per heavy atom. The van der Waals surface area contributed by atoms with Gasteiger partial charge in [0.1, 0.15) is 5.75 Å². The van der Waals surface area contributed by atoms with Gasteiger partial charge in [-0.2, -0.15) is 0 Å². The number of nitrogens with zero attached hydrogens (tertiary/aromatic N) is 2. The van der Waals surface area contributed by atoms with E-state index in [1.165, 1.54) is 19.2 Å². The minimum Gasteiger partial charge on any atom is -0.496 e. The van der Waals surface area contributed by atoms with Gasteiger partial charge in [-0.15, -0.1) is 0 Å². The minimum atomic E-state index is -0.943. The van der Waals surface area contributed by atoms with Crippen molar-refractivity contribution in [3.63, 3.8) is 0 Å². The van der Waals surface area contributed by atoms with Gasteiger partial charge in [0.25, 0.3) is 5.69 Å². The molecule has 0 saturated carbocycles. The van der Waals surface area contributed by atoms with Crippen LogP contribution < -0.4 is 10.1 Å². The van der Waals surface area contributed by atoms with Gasteiger partial charge in [-0.25, -0.2) is 0 Å². The summed E-state index contributed by atoms with van der Waals surface area (Å²) in [5.74, 6) is 0.397. The van der Waals surface area contributed by atoms with E-state index < -0.39 is 10.5 Å². The number of hydrogen-bond acceptors (Lipinski definition) is 6. The Morgan fingerprint density at radius 3 is 2.60 bits per heavy atom. The number of nitrogens with one attached hydrogen (secondary N) is 1. The van der Waals surface area contributed by atoms with Gasteiger partial charge in [-0.3, -0.25) is 10.1 Å². The van der Waals surface area contributed by atoms with Crippen LogP contribution in [0.3, 0.4) is 0 Å². The van der Waals surface area contributed by atoms with Crippen molar-refractivity contribution in [1.82, 2.24) is 4.90 Å². The van der Waals surface area contributed by atoms with Crippen LogP contribution in [0.25, 0.3) is 0 Å². The number of benzene rings is 1. The van der Waals surface area contributed by atoms with E-state index in [-0.39, 0.29) is 12.2 Å². The first-order valence-electron chi connectivity index (χ1n) is 6.18. The molecule has 0 spiro atoms. The van der Waals surface area contributed by atoms with E-state index in [9.17, 15) is 15.2 Å². The molecule has 1 aromatic rings. The zero-order valence-corrected chi connectivity index (χ0v) is 12.2. The lowest BCUT2D eigenvalue weighted by Crippen LogP contribution is -2.43. The summed E-state index contributed by atoms with van der Waals surface area (Å²) in [6, 6.07) is 4.41. The van der Waals surface area contributed by atoms with Crippen molar-refractivity contribution < 1.29 is 14.8 Å². The number of hydrogen-bond donors (Lipinski definition) is 2. The van der Waals surface area contributed by atoms with E-state index in [0.29, 0.717) is 18.0 Å². The maximum atomic E-state index is 10.8. The van der Waals surface area contributed by atoms with Crippen molar-refractivity contribution >= 4 is 11.4 Å². The van der Waals surface area contributed by atoms with E-state index in [1.807, 2.05) is 19.0 Å². The van der Waals surface area contributed by atoms with Gasteiger partial charge in [0, 0.05) is 30.9 Å². The van der Waals surface area contributed by atoms with Gasteiger partial charge in [0.2, 0.25) is 0 Å². The standard InChI is InChI=1S/C13H21N3O4/c1-13(17,9-15(2)3)8-14-10-5-11(16(18)19)7-12(6-10)20-4/h5-7,14,17H,8-9H2,1-4H3. The van der Waals surface area contributed by atoms with Gasteiger partial charge in [0.05, 0.1) is 23.7 Å². The highest BCUT2D eigenvalue weighted by molar-refractivity contribution is 5.56. The molecule has 0 saturated heterocycles. The molecule has 0 fully saturated rings. The second-order valence-electron chi connectivity index (χ2n) is 5.27. The van der Waals surface area contributed by atoms with Crippen molar-refractivity contribution in [2.75, 3.05) is 39.6 Å². The average Bonchev–Trinajstić information content (AvgIpc) is 2.34. The number of methoxy groups -OCH3 is 1. The highest BCUT2D eigenvalue weighted by atomic mass is 16.6. The van der Waals surface area contributed by atoms with Crippen molar-refractivity contribution in [2.24, 2.45) is 0 Å². The van der Waals surface area contributed by atoms with Crippen molar-refractivity contribution in [1.29, 1.82) is 0 Å². The van der Waals surface area contributed by atoms with Crippen LogP contribution in [0.5, 0.6) is 5.75 Å². The topological polar surface area (TPSA) is 87.9 Å². The largest absolute Gasteiger partial charge is 0.496 e. The summed E-state index contributed by atoms with van der Waals surface area (Å²) in [4.78, 5) is 12.2. The van der Waals surface area contributed by atoms with Gasteiger partial charge in [-0.1, -0.05) is 0 Å². The molecule has 0 heterocycles. The number of nitro groups is 1. The van der Waals surface area contributed by atoms with Crippen LogP contribution in [-0.2, 0) is 0 Å². The lowest BCUT2D eigenvalue weighted by Gasteiger charge is -2.27. The monoisotopic (exact) mass is 283 g/mol. The molecule has 1 atom stereocenters. The molecule has 1 unspecified atom stereocenters. The van der Waals surface area contributed by atoms with Crippen LogP contribution in [0.15, 0.2) is 18.2 Å². The molecule has 7 heteroatoms. The number of rotatable bonds is 7. The molecule has 0 bridgehead atoms. The van der Waals surface area contributed by atoms with Crippen LogP contribution in [0.4, 0.5) is 11.4 Å². The second kappa shape index (κ2) is 6.53. The molecule has 2 N–H and O–H groups in total. The molecule has 1 rings (SSSR count). The summed E-state index contributed by atoms with van der Waals surface area (Å²) >= 11 is 0. The predicted octanol–water partition coefficient (Wildman–Crippen LogP) is 1.33.